The third-order valence-corrected chi connectivity index (χ3v) is 4.40. The van der Waals surface area contributed by atoms with Crippen LogP contribution in [0.4, 0.5) is 0 Å². The van der Waals surface area contributed by atoms with Gasteiger partial charge >= 0.3 is 0 Å². The Bertz CT molecular complexity index is 594. The van der Waals surface area contributed by atoms with Crippen LogP contribution < -0.4 is 10.1 Å². The van der Waals surface area contributed by atoms with Crippen molar-refractivity contribution in [2.24, 2.45) is 0 Å². The lowest BCUT2D eigenvalue weighted by molar-refractivity contribution is 0.104. The molecule has 1 unspecified atom stereocenters. The van der Waals surface area contributed by atoms with Crippen molar-refractivity contribution in [3.63, 3.8) is 0 Å². The Morgan fingerprint density at radius 3 is 2.48 bits per heavy atom. The number of nitrogens with one attached hydrogen (secondary N) is 1. The molecule has 1 aliphatic rings. The number of hydrogen-bond acceptors (Lipinski definition) is 3. The predicted octanol–water partition coefficient (Wildman–Crippen LogP) is 3.63. The normalized spacial score (nSPS) is 16.4. The Labute approximate surface area is 138 Å². The van der Waals surface area contributed by atoms with E-state index in [0.29, 0.717) is 19.2 Å². The summed E-state index contributed by atoms with van der Waals surface area (Å²) in [6.07, 6.45) is 4.57. The smallest absolute Gasteiger partial charge is 0.127 e. The Morgan fingerprint density at radius 1 is 1.00 bits per heavy atom. The van der Waals surface area contributed by atoms with Crippen LogP contribution in [0.25, 0.3) is 11.1 Å². The van der Waals surface area contributed by atoms with Crippen molar-refractivity contribution in [1.82, 2.24) is 5.32 Å². The number of benzene rings is 2. The van der Waals surface area contributed by atoms with Crippen molar-refractivity contribution in [1.29, 1.82) is 0 Å². The summed E-state index contributed by atoms with van der Waals surface area (Å²) in [6, 6.07) is 18.7. The molecule has 0 aliphatic heterocycles. The second kappa shape index (κ2) is 8.14. The van der Waals surface area contributed by atoms with Gasteiger partial charge in [-0.05, 0) is 24.5 Å². The molecule has 0 aromatic heterocycles. The van der Waals surface area contributed by atoms with Crippen LogP contribution in [0.3, 0.4) is 0 Å². The van der Waals surface area contributed by atoms with Crippen molar-refractivity contribution in [2.75, 3.05) is 13.2 Å². The fraction of sp³-hybridized carbons (Fsp3) is 0.400. The lowest BCUT2D eigenvalue weighted by Gasteiger charge is -2.18. The van der Waals surface area contributed by atoms with Crippen LogP contribution in [-0.2, 0) is 0 Å². The Hall–Kier alpha value is -1.84. The molecule has 0 heterocycles. The maximum atomic E-state index is 10.1. The zero-order valence-corrected chi connectivity index (χ0v) is 13.4. The second-order valence-corrected chi connectivity index (χ2v) is 6.22. The van der Waals surface area contributed by atoms with E-state index in [-0.39, 0.29) is 0 Å². The van der Waals surface area contributed by atoms with Gasteiger partial charge in [-0.2, -0.15) is 0 Å². The van der Waals surface area contributed by atoms with E-state index in [4.69, 9.17) is 4.74 Å². The number of rotatable bonds is 7. The Kier molecular flexibility index (Phi) is 5.67. The average Bonchev–Trinajstić information content (AvgIpc) is 3.13. The molecule has 1 aliphatic carbocycles. The summed E-state index contributed by atoms with van der Waals surface area (Å²) in [4.78, 5) is 0. The lowest BCUT2D eigenvalue weighted by atomic mass is 10.1. The SMILES string of the molecule is OC(CNC1CCCC1)COc1ccccc1-c1ccccc1. The van der Waals surface area contributed by atoms with E-state index in [2.05, 4.69) is 17.4 Å². The molecule has 23 heavy (non-hydrogen) atoms. The van der Waals surface area contributed by atoms with Gasteiger partial charge in [0.15, 0.2) is 0 Å². The minimum absolute atomic E-state index is 0.309. The second-order valence-electron chi connectivity index (χ2n) is 6.22. The molecule has 3 nitrogen and oxygen atoms in total. The van der Waals surface area contributed by atoms with E-state index in [1.165, 1.54) is 25.7 Å². The molecule has 0 saturated heterocycles. The molecular formula is C20H25NO2. The molecule has 0 bridgehead atoms. The summed E-state index contributed by atoms with van der Waals surface area (Å²) < 4.78 is 5.88. The van der Waals surface area contributed by atoms with Gasteiger partial charge < -0.3 is 15.2 Å². The number of aliphatic hydroxyl groups excluding tert-OH is 1. The van der Waals surface area contributed by atoms with Crippen LogP contribution in [0, 0.1) is 0 Å². The largest absolute Gasteiger partial charge is 0.490 e. The first kappa shape index (κ1) is 16.0. The molecule has 1 saturated carbocycles. The van der Waals surface area contributed by atoms with E-state index in [1.807, 2.05) is 42.5 Å². The Balaban J connectivity index is 1.55. The average molecular weight is 311 g/mol. The van der Waals surface area contributed by atoms with Gasteiger partial charge in [0.05, 0.1) is 0 Å². The van der Waals surface area contributed by atoms with E-state index >= 15 is 0 Å². The first-order chi connectivity index (χ1) is 11.3. The van der Waals surface area contributed by atoms with Crippen LogP contribution in [-0.4, -0.2) is 30.4 Å². The molecule has 0 radical (unpaired) electrons. The zero-order chi connectivity index (χ0) is 15.9. The summed E-state index contributed by atoms with van der Waals surface area (Å²) in [6.45, 7) is 0.905. The van der Waals surface area contributed by atoms with E-state index < -0.39 is 6.10 Å². The molecule has 2 N–H and O–H groups in total. The van der Waals surface area contributed by atoms with Gasteiger partial charge in [0, 0.05) is 18.2 Å². The summed E-state index contributed by atoms with van der Waals surface area (Å²) in [5, 5.41) is 13.6. The molecule has 2 aromatic rings. The van der Waals surface area contributed by atoms with Gasteiger partial charge in [0.2, 0.25) is 0 Å². The fourth-order valence-corrected chi connectivity index (χ4v) is 3.13. The quantitative estimate of drug-likeness (QED) is 0.820. The number of para-hydroxylation sites is 1. The lowest BCUT2D eigenvalue weighted by Crippen LogP contribution is -2.36. The van der Waals surface area contributed by atoms with Crippen molar-refractivity contribution < 1.29 is 9.84 Å². The maximum Gasteiger partial charge on any atom is 0.127 e. The third-order valence-electron chi connectivity index (χ3n) is 4.40. The summed E-state index contributed by atoms with van der Waals surface area (Å²) in [5.74, 6) is 0.818. The summed E-state index contributed by atoms with van der Waals surface area (Å²) in [5.41, 5.74) is 2.19. The first-order valence-electron chi connectivity index (χ1n) is 8.51. The van der Waals surface area contributed by atoms with Gasteiger partial charge in [-0.15, -0.1) is 0 Å². The first-order valence-corrected chi connectivity index (χ1v) is 8.51. The molecule has 1 fully saturated rings. The fourth-order valence-electron chi connectivity index (χ4n) is 3.13. The summed E-state index contributed by atoms with van der Waals surface area (Å²) in [7, 11) is 0. The van der Waals surface area contributed by atoms with Crippen molar-refractivity contribution in [3.05, 3.63) is 54.6 Å². The van der Waals surface area contributed by atoms with Gasteiger partial charge in [0.1, 0.15) is 18.5 Å². The molecule has 3 rings (SSSR count). The maximum absolute atomic E-state index is 10.1. The van der Waals surface area contributed by atoms with Crippen molar-refractivity contribution >= 4 is 0 Å². The van der Waals surface area contributed by atoms with Gasteiger partial charge in [0.25, 0.3) is 0 Å². The standard InChI is InChI=1S/C20H25NO2/c22-18(14-21-17-10-4-5-11-17)15-23-20-13-7-6-12-19(20)16-8-2-1-3-9-16/h1-3,6-9,12-13,17-18,21-22H,4-5,10-11,14-15H2. The highest BCUT2D eigenvalue weighted by molar-refractivity contribution is 5.70. The molecule has 2 aromatic carbocycles. The van der Waals surface area contributed by atoms with Crippen LogP contribution >= 0.6 is 0 Å². The highest BCUT2D eigenvalue weighted by Gasteiger charge is 2.16. The molecule has 0 amide bonds. The van der Waals surface area contributed by atoms with Crippen LogP contribution in [0.2, 0.25) is 0 Å². The van der Waals surface area contributed by atoms with Crippen LogP contribution in [0.5, 0.6) is 5.75 Å². The number of hydrogen-bond donors (Lipinski definition) is 2. The van der Waals surface area contributed by atoms with Crippen LogP contribution in [0.15, 0.2) is 54.6 Å². The highest BCUT2D eigenvalue weighted by atomic mass is 16.5. The summed E-state index contributed by atoms with van der Waals surface area (Å²) >= 11 is 0. The molecular weight excluding hydrogens is 286 g/mol. The number of ether oxygens (including phenoxy) is 1. The predicted molar refractivity (Wildman–Crippen MR) is 93.6 cm³/mol. The van der Waals surface area contributed by atoms with E-state index in [0.717, 1.165) is 16.9 Å². The minimum Gasteiger partial charge on any atom is -0.490 e. The minimum atomic E-state index is -0.487. The zero-order valence-electron chi connectivity index (χ0n) is 13.4. The van der Waals surface area contributed by atoms with Crippen molar-refractivity contribution in [3.8, 4) is 16.9 Å². The van der Waals surface area contributed by atoms with Crippen molar-refractivity contribution in [2.45, 2.75) is 37.8 Å². The third kappa shape index (κ3) is 4.57. The van der Waals surface area contributed by atoms with E-state index in [1.54, 1.807) is 0 Å². The molecule has 122 valence electrons. The van der Waals surface area contributed by atoms with Gasteiger partial charge in [-0.25, -0.2) is 0 Å². The monoisotopic (exact) mass is 311 g/mol. The van der Waals surface area contributed by atoms with Gasteiger partial charge in [-0.3, -0.25) is 0 Å². The highest BCUT2D eigenvalue weighted by Crippen LogP contribution is 2.29. The number of aliphatic hydroxyl groups is 1. The Morgan fingerprint density at radius 2 is 1.70 bits per heavy atom. The molecule has 1 atom stereocenters. The van der Waals surface area contributed by atoms with E-state index in [9.17, 15) is 5.11 Å². The molecule has 0 spiro atoms. The van der Waals surface area contributed by atoms with Gasteiger partial charge in [-0.1, -0.05) is 61.4 Å². The molecule has 3 heteroatoms. The van der Waals surface area contributed by atoms with Crippen LogP contribution in [0.1, 0.15) is 25.7 Å². The topological polar surface area (TPSA) is 41.5 Å².